The Morgan fingerprint density at radius 3 is 2.62 bits per heavy atom. The highest BCUT2D eigenvalue weighted by Gasteiger charge is 2.17. The summed E-state index contributed by atoms with van der Waals surface area (Å²) in [4.78, 5) is 2.10. The van der Waals surface area contributed by atoms with Crippen LogP contribution >= 0.6 is 0 Å². The first-order valence-corrected chi connectivity index (χ1v) is 11.5. The molecule has 6 nitrogen and oxygen atoms in total. The molecule has 0 bridgehead atoms. The van der Waals surface area contributed by atoms with E-state index < -0.39 is 10.0 Å². The van der Waals surface area contributed by atoms with Crippen LogP contribution in [0.15, 0.2) is 41.3 Å². The van der Waals surface area contributed by atoms with E-state index >= 15 is 0 Å². The van der Waals surface area contributed by atoms with Crippen molar-refractivity contribution in [2.45, 2.75) is 26.2 Å². The molecule has 0 atom stereocenters. The standard InChI is InChI=1S/C22H27N3O3S/c1-2-28-13-10-24-29(26,27)22(17-23)15-18-6-7-20-16-21(9-8-19(20)14-18)25-11-4-3-5-12-25/h6-9,14-16,24H,2-5,10-13H2,1H3/b22-15+. The molecular formula is C22H27N3O3S. The Hall–Kier alpha value is -2.40. The zero-order valence-electron chi connectivity index (χ0n) is 16.7. The second-order valence-corrected chi connectivity index (χ2v) is 8.79. The molecule has 0 aliphatic carbocycles. The van der Waals surface area contributed by atoms with Gasteiger partial charge in [-0.05, 0) is 66.8 Å². The molecule has 0 unspecified atom stereocenters. The summed E-state index contributed by atoms with van der Waals surface area (Å²) >= 11 is 0. The maximum atomic E-state index is 12.3. The minimum Gasteiger partial charge on any atom is -0.380 e. The van der Waals surface area contributed by atoms with E-state index in [4.69, 9.17) is 4.74 Å². The quantitative estimate of drug-likeness (QED) is 0.528. The molecule has 1 saturated heterocycles. The van der Waals surface area contributed by atoms with Crippen LogP contribution in [-0.4, -0.2) is 41.3 Å². The number of ether oxygens (including phenoxy) is 1. The fraction of sp³-hybridized carbons (Fsp3) is 0.409. The van der Waals surface area contributed by atoms with Crippen molar-refractivity contribution in [1.82, 2.24) is 4.72 Å². The summed E-state index contributed by atoms with van der Waals surface area (Å²) in [5.41, 5.74) is 1.90. The number of fused-ring (bicyclic) bond motifs is 1. The fourth-order valence-electron chi connectivity index (χ4n) is 3.48. The molecule has 0 radical (unpaired) electrons. The number of allylic oxidation sites excluding steroid dienone is 1. The minimum absolute atomic E-state index is 0.131. The fourth-order valence-corrected chi connectivity index (χ4v) is 4.40. The molecule has 2 aromatic rings. The first-order valence-electron chi connectivity index (χ1n) is 10.0. The summed E-state index contributed by atoms with van der Waals surface area (Å²) in [6, 6.07) is 13.8. The number of rotatable bonds is 8. The molecule has 29 heavy (non-hydrogen) atoms. The Balaban J connectivity index is 1.80. The number of nitriles is 1. The maximum Gasteiger partial charge on any atom is 0.250 e. The number of hydrogen-bond acceptors (Lipinski definition) is 5. The van der Waals surface area contributed by atoms with Crippen LogP contribution in [-0.2, 0) is 14.8 Å². The zero-order chi connectivity index (χ0) is 20.7. The van der Waals surface area contributed by atoms with Gasteiger partial charge in [0.15, 0.2) is 4.91 Å². The van der Waals surface area contributed by atoms with Gasteiger partial charge in [0, 0.05) is 31.9 Å². The van der Waals surface area contributed by atoms with Crippen LogP contribution in [0, 0.1) is 11.3 Å². The van der Waals surface area contributed by atoms with Crippen LogP contribution in [0.3, 0.4) is 0 Å². The van der Waals surface area contributed by atoms with E-state index in [0.29, 0.717) is 12.2 Å². The van der Waals surface area contributed by atoms with Gasteiger partial charge >= 0.3 is 0 Å². The Morgan fingerprint density at radius 1 is 1.17 bits per heavy atom. The Kier molecular flexibility index (Phi) is 7.26. The molecule has 1 aliphatic heterocycles. The molecule has 1 aliphatic rings. The highest BCUT2D eigenvalue weighted by Crippen LogP contribution is 2.26. The van der Waals surface area contributed by atoms with Gasteiger partial charge in [0.25, 0.3) is 10.0 Å². The molecule has 1 fully saturated rings. The molecule has 0 amide bonds. The van der Waals surface area contributed by atoms with E-state index in [2.05, 4.69) is 27.8 Å². The summed E-state index contributed by atoms with van der Waals surface area (Å²) in [6.07, 6.45) is 5.16. The van der Waals surface area contributed by atoms with Crippen molar-refractivity contribution in [3.8, 4) is 6.07 Å². The lowest BCUT2D eigenvalue weighted by atomic mass is 10.0. The molecule has 7 heteroatoms. The first-order chi connectivity index (χ1) is 14.0. The minimum atomic E-state index is -3.86. The molecule has 0 aromatic heterocycles. The van der Waals surface area contributed by atoms with Gasteiger partial charge in [0.2, 0.25) is 0 Å². The predicted molar refractivity (Wildman–Crippen MR) is 117 cm³/mol. The Bertz CT molecular complexity index is 1020. The SMILES string of the molecule is CCOCCNS(=O)(=O)/C(C#N)=C/c1ccc2cc(N3CCCCC3)ccc2c1. The van der Waals surface area contributed by atoms with Gasteiger partial charge in [0.05, 0.1) is 6.61 Å². The molecule has 1 N–H and O–H groups in total. The van der Waals surface area contributed by atoms with Crippen molar-refractivity contribution >= 4 is 32.6 Å². The van der Waals surface area contributed by atoms with Crippen LogP contribution in [0.1, 0.15) is 31.7 Å². The van der Waals surface area contributed by atoms with Gasteiger partial charge < -0.3 is 9.64 Å². The first kappa shape index (κ1) is 21.3. The second kappa shape index (κ2) is 9.88. The summed E-state index contributed by atoms with van der Waals surface area (Å²) in [5.74, 6) is 0. The molecule has 2 aromatic carbocycles. The third-order valence-electron chi connectivity index (χ3n) is 5.01. The van der Waals surface area contributed by atoms with E-state index in [-0.39, 0.29) is 18.1 Å². The third-order valence-corrected chi connectivity index (χ3v) is 6.38. The normalized spacial score (nSPS) is 15.4. The highest BCUT2D eigenvalue weighted by atomic mass is 32.2. The number of anilines is 1. The summed E-state index contributed by atoms with van der Waals surface area (Å²) < 4.78 is 32.2. The van der Waals surface area contributed by atoms with Gasteiger partial charge in [-0.2, -0.15) is 5.26 Å². The molecule has 154 valence electrons. The average molecular weight is 414 g/mol. The van der Waals surface area contributed by atoms with E-state index in [1.807, 2.05) is 25.1 Å². The lowest BCUT2D eigenvalue weighted by Gasteiger charge is -2.29. The van der Waals surface area contributed by atoms with Crippen molar-refractivity contribution in [1.29, 1.82) is 5.26 Å². The van der Waals surface area contributed by atoms with Crippen LogP contribution in [0.4, 0.5) is 5.69 Å². The van der Waals surface area contributed by atoms with Crippen molar-refractivity contribution < 1.29 is 13.2 Å². The van der Waals surface area contributed by atoms with E-state index in [1.165, 1.54) is 31.0 Å². The largest absolute Gasteiger partial charge is 0.380 e. The number of benzene rings is 2. The van der Waals surface area contributed by atoms with Gasteiger partial charge in [0.1, 0.15) is 6.07 Å². The number of nitrogens with zero attached hydrogens (tertiary/aromatic N) is 2. The number of piperidine rings is 1. The number of sulfonamides is 1. The summed E-state index contributed by atoms with van der Waals surface area (Å²) in [6.45, 7) is 4.93. The molecular weight excluding hydrogens is 386 g/mol. The van der Waals surface area contributed by atoms with Crippen LogP contribution < -0.4 is 9.62 Å². The van der Waals surface area contributed by atoms with E-state index in [0.717, 1.165) is 23.9 Å². The average Bonchev–Trinajstić information content (AvgIpc) is 2.75. The molecule has 0 saturated carbocycles. The number of nitrogens with one attached hydrogen (secondary N) is 1. The van der Waals surface area contributed by atoms with Crippen LogP contribution in [0.5, 0.6) is 0 Å². The highest BCUT2D eigenvalue weighted by molar-refractivity contribution is 7.93. The maximum absolute atomic E-state index is 12.3. The van der Waals surface area contributed by atoms with Gasteiger partial charge in [-0.3, -0.25) is 0 Å². The third kappa shape index (κ3) is 5.57. The van der Waals surface area contributed by atoms with Gasteiger partial charge in [-0.1, -0.05) is 18.2 Å². The number of hydrogen-bond donors (Lipinski definition) is 1. The van der Waals surface area contributed by atoms with E-state index in [1.54, 1.807) is 6.07 Å². The predicted octanol–water partition coefficient (Wildman–Crippen LogP) is 3.65. The lowest BCUT2D eigenvalue weighted by Crippen LogP contribution is -2.29. The zero-order valence-corrected chi connectivity index (χ0v) is 17.5. The van der Waals surface area contributed by atoms with Crippen molar-refractivity contribution in [3.05, 3.63) is 46.9 Å². The van der Waals surface area contributed by atoms with Crippen molar-refractivity contribution in [2.24, 2.45) is 0 Å². The second-order valence-electron chi connectivity index (χ2n) is 7.05. The summed E-state index contributed by atoms with van der Waals surface area (Å²) in [7, 11) is -3.86. The van der Waals surface area contributed by atoms with Crippen molar-refractivity contribution in [2.75, 3.05) is 37.7 Å². The van der Waals surface area contributed by atoms with Crippen LogP contribution in [0.2, 0.25) is 0 Å². The topological polar surface area (TPSA) is 82.4 Å². The van der Waals surface area contributed by atoms with E-state index in [9.17, 15) is 13.7 Å². The molecule has 0 spiro atoms. The van der Waals surface area contributed by atoms with Crippen molar-refractivity contribution in [3.63, 3.8) is 0 Å². The Labute approximate surface area is 172 Å². The Morgan fingerprint density at radius 2 is 1.90 bits per heavy atom. The van der Waals surface area contributed by atoms with Gasteiger partial charge in [-0.25, -0.2) is 13.1 Å². The monoisotopic (exact) mass is 413 g/mol. The lowest BCUT2D eigenvalue weighted by molar-refractivity contribution is 0.153. The smallest absolute Gasteiger partial charge is 0.250 e. The van der Waals surface area contributed by atoms with Gasteiger partial charge in [-0.15, -0.1) is 0 Å². The molecule has 3 rings (SSSR count). The summed E-state index contributed by atoms with van der Waals surface area (Å²) in [5, 5.41) is 11.5. The molecule has 1 heterocycles. The van der Waals surface area contributed by atoms with Crippen LogP contribution in [0.25, 0.3) is 16.8 Å².